The molecule has 9 heteroatoms. The minimum atomic E-state index is -0.332. The summed E-state index contributed by atoms with van der Waals surface area (Å²) >= 11 is 1.20. The standard InChI is InChI=1S/C16H18FN5O2S/c1-3-8-22-15(11-4-6-12(17)7-5-11)20-21-16(22)25-10-14(24)19-9-13(23)18-2/h3-7H,1,8-10H2,2H3,(H,18,23)(H,19,24). The number of rotatable bonds is 8. The maximum Gasteiger partial charge on any atom is 0.239 e. The van der Waals surface area contributed by atoms with Crippen LogP contribution in [0.3, 0.4) is 0 Å². The number of allylic oxidation sites excluding steroid dienone is 1. The number of hydrogen-bond donors (Lipinski definition) is 2. The first-order chi connectivity index (χ1) is 12.0. The molecule has 25 heavy (non-hydrogen) atoms. The number of likely N-dealkylation sites (N-methyl/N-ethyl adjacent to an activating group) is 1. The van der Waals surface area contributed by atoms with Gasteiger partial charge >= 0.3 is 0 Å². The number of carbonyl (C=O) groups is 2. The number of amides is 2. The summed E-state index contributed by atoms with van der Waals surface area (Å²) in [5.41, 5.74) is 0.715. The number of halogens is 1. The third kappa shape index (κ3) is 5.15. The molecule has 0 spiro atoms. The van der Waals surface area contributed by atoms with E-state index in [1.165, 1.54) is 30.9 Å². The van der Waals surface area contributed by atoms with Crippen LogP contribution in [0.25, 0.3) is 11.4 Å². The zero-order valence-corrected chi connectivity index (χ0v) is 14.5. The third-order valence-electron chi connectivity index (χ3n) is 3.19. The second-order valence-corrected chi connectivity index (χ2v) is 5.89. The van der Waals surface area contributed by atoms with Crippen LogP contribution in [0.1, 0.15) is 0 Å². The normalized spacial score (nSPS) is 10.3. The van der Waals surface area contributed by atoms with Gasteiger partial charge in [-0.25, -0.2) is 4.39 Å². The highest BCUT2D eigenvalue weighted by Gasteiger charge is 2.15. The quantitative estimate of drug-likeness (QED) is 0.544. The Kier molecular flexibility index (Phi) is 6.70. The van der Waals surface area contributed by atoms with Gasteiger partial charge in [0.15, 0.2) is 11.0 Å². The van der Waals surface area contributed by atoms with E-state index in [9.17, 15) is 14.0 Å². The van der Waals surface area contributed by atoms with Gasteiger partial charge in [-0.2, -0.15) is 0 Å². The Balaban J connectivity index is 2.08. The molecule has 0 atom stereocenters. The van der Waals surface area contributed by atoms with E-state index in [1.54, 1.807) is 22.8 Å². The average molecular weight is 363 g/mol. The lowest BCUT2D eigenvalue weighted by atomic mass is 10.2. The topological polar surface area (TPSA) is 88.9 Å². The highest BCUT2D eigenvalue weighted by molar-refractivity contribution is 7.99. The van der Waals surface area contributed by atoms with Gasteiger partial charge in [-0.3, -0.25) is 14.2 Å². The Morgan fingerprint density at radius 2 is 2.00 bits per heavy atom. The summed E-state index contributed by atoms with van der Waals surface area (Å²) in [6.45, 7) is 4.08. The molecule has 0 aliphatic carbocycles. The van der Waals surface area contributed by atoms with Crippen molar-refractivity contribution < 1.29 is 14.0 Å². The smallest absolute Gasteiger partial charge is 0.239 e. The molecule has 132 valence electrons. The van der Waals surface area contributed by atoms with E-state index in [-0.39, 0.29) is 29.9 Å². The molecule has 0 aliphatic rings. The second-order valence-electron chi connectivity index (χ2n) is 4.95. The number of hydrogen-bond acceptors (Lipinski definition) is 5. The van der Waals surface area contributed by atoms with Crippen LogP contribution in [0.4, 0.5) is 4.39 Å². The van der Waals surface area contributed by atoms with Crippen molar-refractivity contribution in [2.75, 3.05) is 19.3 Å². The van der Waals surface area contributed by atoms with Crippen molar-refractivity contribution in [2.24, 2.45) is 0 Å². The van der Waals surface area contributed by atoms with Crippen molar-refractivity contribution in [3.05, 3.63) is 42.7 Å². The van der Waals surface area contributed by atoms with Crippen LogP contribution in [-0.4, -0.2) is 45.9 Å². The monoisotopic (exact) mass is 363 g/mol. The summed E-state index contributed by atoms with van der Waals surface area (Å²) in [5, 5.41) is 13.7. The fourth-order valence-corrected chi connectivity index (χ4v) is 2.73. The SMILES string of the molecule is C=CCn1c(SCC(=O)NCC(=O)NC)nnc1-c1ccc(F)cc1. The number of nitrogens with zero attached hydrogens (tertiary/aromatic N) is 3. The largest absolute Gasteiger partial charge is 0.358 e. The maximum atomic E-state index is 13.1. The molecule has 0 fully saturated rings. The summed E-state index contributed by atoms with van der Waals surface area (Å²) in [4.78, 5) is 22.9. The van der Waals surface area contributed by atoms with Crippen LogP contribution in [-0.2, 0) is 16.1 Å². The molecule has 0 radical (unpaired) electrons. The predicted molar refractivity (Wildman–Crippen MR) is 93.4 cm³/mol. The first kappa shape index (κ1) is 18.7. The molecule has 0 bridgehead atoms. The van der Waals surface area contributed by atoms with Crippen molar-refractivity contribution in [1.82, 2.24) is 25.4 Å². The summed E-state index contributed by atoms with van der Waals surface area (Å²) in [7, 11) is 1.50. The molecule has 2 N–H and O–H groups in total. The third-order valence-corrected chi connectivity index (χ3v) is 4.16. The molecule has 1 heterocycles. The van der Waals surface area contributed by atoms with E-state index in [0.29, 0.717) is 23.1 Å². The molecule has 0 saturated carbocycles. The van der Waals surface area contributed by atoms with Crippen molar-refractivity contribution in [3.63, 3.8) is 0 Å². The molecular formula is C16H18FN5O2S. The van der Waals surface area contributed by atoms with Gasteiger partial charge in [0, 0.05) is 19.2 Å². The number of nitrogens with one attached hydrogen (secondary N) is 2. The Hall–Kier alpha value is -2.68. The highest BCUT2D eigenvalue weighted by Crippen LogP contribution is 2.24. The zero-order chi connectivity index (χ0) is 18.2. The van der Waals surface area contributed by atoms with Crippen LogP contribution in [0.2, 0.25) is 0 Å². The maximum absolute atomic E-state index is 13.1. The van der Waals surface area contributed by atoms with E-state index in [0.717, 1.165) is 0 Å². The molecule has 2 amide bonds. The molecule has 2 aromatic rings. The molecule has 1 aromatic carbocycles. The lowest BCUT2D eigenvalue weighted by Crippen LogP contribution is -2.36. The van der Waals surface area contributed by atoms with E-state index in [2.05, 4.69) is 27.4 Å². The zero-order valence-electron chi connectivity index (χ0n) is 13.7. The molecular weight excluding hydrogens is 345 g/mol. The number of benzene rings is 1. The first-order valence-electron chi connectivity index (χ1n) is 7.45. The van der Waals surface area contributed by atoms with Crippen LogP contribution < -0.4 is 10.6 Å². The van der Waals surface area contributed by atoms with Gasteiger partial charge in [-0.1, -0.05) is 17.8 Å². The van der Waals surface area contributed by atoms with Crippen LogP contribution in [0.15, 0.2) is 42.1 Å². The van der Waals surface area contributed by atoms with Gasteiger partial charge in [0.2, 0.25) is 11.8 Å². The first-order valence-corrected chi connectivity index (χ1v) is 8.43. The number of aromatic nitrogens is 3. The van der Waals surface area contributed by atoms with Crippen LogP contribution >= 0.6 is 11.8 Å². The lowest BCUT2D eigenvalue weighted by Gasteiger charge is -2.08. The molecule has 0 aliphatic heterocycles. The Morgan fingerprint density at radius 3 is 2.64 bits per heavy atom. The fourth-order valence-electron chi connectivity index (χ4n) is 1.95. The average Bonchev–Trinajstić information content (AvgIpc) is 3.01. The summed E-state index contributed by atoms with van der Waals surface area (Å²) in [6, 6.07) is 5.93. The van der Waals surface area contributed by atoms with Crippen molar-refractivity contribution in [3.8, 4) is 11.4 Å². The van der Waals surface area contributed by atoms with Gasteiger partial charge in [0.1, 0.15) is 5.82 Å². The van der Waals surface area contributed by atoms with Crippen molar-refractivity contribution in [1.29, 1.82) is 0 Å². The van der Waals surface area contributed by atoms with Crippen molar-refractivity contribution >= 4 is 23.6 Å². The van der Waals surface area contributed by atoms with E-state index >= 15 is 0 Å². The number of carbonyl (C=O) groups excluding carboxylic acids is 2. The fraction of sp³-hybridized carbons (Fsp3) is 0.250. The van der Waals surface area contributed by atoms with Crippen LogP contribution in [0.5, 0.6) is 0 Å². The predicted octanol–water partition coefficient (Wildman–Crippen LogP) is 1.22. The minimum absolute atomic E-state index is 0.0733. The van der Waals surface area contributed by atoms with Gasteiger partial charge in [0.05, 0.1) is 12.3 Å². The van der Waals surface area contributed by atoms with E-state index < -0.39 is 0 Å². The van der Waals surface area contributed by atoms with Gasteiger partial charge in [0.25, 0.3) is 0 Å². The highest BCUT2D eigenvalue weighted by atomic mass is 32.2. The van der Waals surface area contributed by atoms with Crippen molar-refractivity contribution in [2.45, 2.75) is 11.7 Å². The minimum Gasteiger partial charge on any atom is -0.358 e. The summed E-state index contributed by atoms with van der Waals surface area (Å²) in [5.74, 6) is -0.235. The summed E-state index contributed by atoms with van der Waals surface area (Å²) < 4.78 is 14.9. The molecule has 0 unspecified atom stereocenters. The number of thioether (sulfide) groups is 1. The second kappa shape index (κ2) is 8.97. The van der Waals surface area contributed by atoms with E-state index in [4.69, 9.17) is 0 Å². The van der Waals surface area contributed by atoms with Gasteiger partial charge < -0.3 is 10.6 Å². The Bertz CT molecular complexity index is 760. The van der Waals surface area contributed by atoms with Crippen LogP contribution in [0, 0.1) is 5.82 Å². The Morgan fingerprint density at radius 1 is 1.28 bits per heavy atom. The summed E-state index contributed by atoms with van der Waals surface area (Å²) in [6.07, 6.45) is 1.69. The molecule has 0 saturated heterocycles. The molecule has 7 nitrogen and oxygen atoms in total. The Labute approximate surface area is 148 Å². The molecule has 2 rings (SSSR count). The lowest BCUT2D eigenvalue weighted by molar-refractivity contribution is -0.124. The van der Waals surface area contributed by atoms with Gasteiger partial charge in [-0.05, 0) is 24.3 Å². The van der Waals surface area contributed by atoms with Gasteiger partial charge in [-0.15, -0.1) is 16.8 Å². The van der Waals surface area contributed by atoms with E-state index in [1.807, 2.05) is 0 Å². The molecule has 1 aromatic heterocycles.